The van der Waals surface area contributed by atoms with Gasteiger partial charge in [-0.1, -0.05) is 30.9 Å². The number of carbonyl (C=O) groups excluding carboxylic acids is 2. The van der Waals surface area contributed by atoms with E-state index in [1.165, 1.54) is 37.3 Å². The summed E-state index contributed by atoms with van der Waals surface area (Å²) < 4.78 is 21.6. The highest BCUT2D eigenvalue weighted by Crippen LogP contribution is 2.42. The number of carbonyl (C=O) groups is 2. The Morgan fingerprint density at radius 2 is 1.91 bits per heavy atom. The molecule has 0 aromatic heterocycles. The molecule has 2 aliphatic rings. The van der Waals surface area contributed by atoms with Crippen LogP contribution >= 0.6 is 0 Å². The highest BCUT2D eigenvalue weighted by atomic mass is 16.6. The van der Waals surface area contributed by atoms with Crippen LogP contribution in [0, 0.1) is 0 Å². The molecule has 9 heteroatoms. The summed E-state index contributed by atoms with van der Waals surface area (Å²) in [4.78, 5) is 29.9. The van der Waals surface area contributed by atoms with Gasteiger partial charge >= 0.3 is 6.09 Å². The van der Waals surface area contributed by atoms with Gasteiger partial charge in [0.05, 0.1) is 31.5 Å². The second kappa shape index (κ2) is 10.1. The van der Waals surface area contributed by atoms with E-state index in [0.29, 0.717) is 13.0 Å². The van der Waals surface area contributed by atoms with Gasteiger partial charge in [-0.3, -0.25) is 4.79 Å². The van der Waals surface area contributed by atoms with E-state index < -0.39 is 18.4 Å². The standard InChI is InChI=1S/C26H28N2O7/c1-5-12-35-26(31)28-20-15-22(29)23(33-3)14-19(20)24(30)27-11-10-17(13-21(27)25(28)34-4)16-6-8-18(32-2)9-7-16/h5-10,14-15,21,25,29H,1,11-13H2,2-4H3. The van der Waals surface area contributed by atoms with Gasteiger partial charge in [0.2, 0.25) is 0 Å². The van der Waals surface area contributed by atoms with Crippen molar-refractivity contribution in [3.8, 4) is 17.2 Å². The molecule has 2 aromatic carbocycles. The summed E-state index contributed by atoms with van der Waals surface area (Å²) in [6.45, 7) is 3.87. The summed E-state index contributed by atoms with van der Waals surface area (Å²) >= 11 is 0. The molecule has 2 heterocycles. The number of amides is 2. The largest absolute Gasteiger partial charge is 0.504 e. The van der Waals surface area contributed by atoms with Crippen molar-refractivity contribution in [1.82, 2.24) is 4.90 Å². The molecule has 2 aromatic rings. The van der Waals surface area contributed by atoms with Gasteiger partial charge in [-0.05, 0) is 35.8 Å². The number of fused-ring (bicyclic) bond motifs is 2. The molecule has 184 valence electrons. The number of hydrogen-bond acceptors (Lipinski definition) is 7. The van der Waals surface area contributed by atoms with Crippen LogP contribution in [0.3, 0.4) is 0 Å². The maximum absolute atomic E-state index is 13.7. The Morgan fingerprint density at radius 3 is 2.54 bits per heavy atom. The highest BCUT2D eigenvalue weighted by molar-refractivity contribution is 6.06. The molecule has 0 fully saturated rings. The molecule has 2 amide bonds. The zero-order valence-corrected chi connectivity index (χ0v) is 19.9. The van der Waals surface area contributed by atoms with E-state index in [9.17, 15) is 14.7 Å². The van der Waals surface area contributed by atoms with Crippen molar-refractivity contribution in [2.24, 2.45) is 0 Å². The molecule has 2 atom stereocenters. The van der Waals surface area contributed by atoms with E-state index in [1.54, 1.807) is 12.0 Å². The van der Waals surface area contributed by atoms with Crippen molar-refractivity contribution in [1.29, 1.82) is 0 Å². The fourth-order valence-corrected chi connectivity index (χ4v) is 4.51. The number of ether oxygens (including phenoxy) is 4. The SMILES string of the molecule is C=CCOC(=O)N1c2cc(O)c(OC)cc2C(=O)N2CC=C(c3ccc(OC)cc3)CC2C1OC. The van der Waals surface area contributed by atoms with Crippen molar-refractivity contribution in [2.45, 2.75) is 18.7 Å². The minimum Gasteiger partial charge on any atom is -0.504 e. The Labute approximate surface area is 203 Å². The lowest BCUT2D eigenvalue weighted by Gasteiger charge is -2.40. The first-order valence-corrected chi connectivity index (χ1v) is 11.1. The van der Waals surface area contributed by atoms with Gasteiger partial charge in [-0.2, -0.15) is 0 Å². The van der Waals surface area contributed by atoms with Crippen molar-refractivity contribution >= 4 is 23.3 Å². The smallest absolute Gasteiger partial charge is 0.416 e. The normalized spacial score (nSPS) is 19.2. The summed E-state index contributed by atoms with van der Waals surface area (Å²) in [5.74, 6) is 0.337. The molecule has 2 unspecified atom stereocenters. The first-order chi connectivity index (χ1) is 16.9. The lowest BCUT2D eigenvalue weighted by atomic mass is 9.92. The van der Waals surface area contributed by atoms with E-state index in [-0.39, 0.29) is 35.3 Å². The lowest BCUT2D eigenvalue weighted by Crippen LogP contribution is -2.55. The molecule has 1 N–H and O–H groups in total. The molecule has 0 saturated carbocycles. The minimum absolute atomic E-state index is 0.0252. The minimum atomic E-state index is -0.882. The average molecular weight is 481 g/mol. The van der Waals surface area contributed by atoms with Crippen LogP contribution in [0.15, 0.2) is 55.1 Å². The molecule has 2 aliphatic heterocycles. The topological polar surface area (TPSA) is 97.8 Å². The Bertz CT molecular complexity index is 1160. The number of phenols is 1. The molecule has 0 spiro atoms. The fraction of sp³-hybridized carbons (Fsp3) is 0.308. The Hall–Kier alpha value is -3.98. The Kier molecular flexibility index (Phi) is 6.97. The lowest BCUT2D eigenvalue weighted by molar-refractivity contribution is 0.0175. The summed E-state index contributed by atoms with van der Waals surface area (Å²) in [5, 5.41) is 10.5. The number of aromatic hydroxyl groups is 1. The number of phenolic OH excluding ortho intramolecular Hbond substituents is 1. The van der Waals surface area contributed by atoms with Crippen LogP contribution < -0.4 is 14.4 Å². The second-order valence-electron chi connectivity index (χ2n) is 8.09. The Morgan fingerprint density at radius 1 is 1.17 bits per heavy atom. The monoisotopic (exact) mass is 480 g/mol. The molecular weight excluding hydrogens is 452 g/mol. The van der Waals surface area contributed by atoms with Gasteiger partial charge in [0.25, 0.3) is 5.91 Å². The summed E-state index contributed by atoms with van der Waals surface area (Å²) in [6.07, 6.45) is 2.27. The van der Waals surface area contributed by atoms with Gasteiger partial charge in [-0.25, -0.2) is 9.69 Å². The first-order valence-electron chi connectivity index (χ1n) is 11.1. The number of anilines is 1. The third-order valence-electron chi connectivity index (χ3n) is 6.22. The van der Waals surface area contributed by atoms with Crippen LogP contribution in [-0.2, 0) is 9.47 Å². The van der Waals surface area contributed by atoms with Crippen LogP contribution in [0.5, 0.6) is 17.2 Å². The van der Waals surface area contributed by atoms with Crippen LogP contribution in [0.25, 0.3) is 5.57 Å². The predicted octanol–water partition coefficient (Wildman–Crippen LogP) is 3.82. The zero-order chi connectivity index (χ0) is 25.1. The first kappa shape index (κ1) is 24.2. The highest BCUT2D eigenvalue weighted by Gasteiger charge is 2.45. The molecule has 0 bridgehead atoms. The van der Waals surface area contributed by atoms with Crippen LogP contribution in [0.2, 0.25) is 0 Å². The van der Waals surface area contributed by atoms with E-state index >= 15 is 0 Å². The van der Waals surface area contributed by atoms with Crippen molar-refractivity contribution in [3.63, 3.8) is 0 Å². The summed E-state index contributed by atoms with van der Waals surface area (Å²) in [5.41, 5.74) is 2.36. The number of hydrogen-bond donors (Lipinski definition) is 1. The van der Waals surface area contributed by atoms with Gasteiger partial charge in [0.15, 0.2) is 17.7 Å². The van der Waals surface area contributed by atoms with E-state index in [4.69, 9.17) is 18.9 Å². The molecule has 0 aliphatic carbocycles. The third kappa shape index (κ3) is 4.42. The molecule has 9 nitrogen and oxygen atoms in total. The van der Waals surface area contributed by atoms with E-state index in [1.807, 2.05) is 30.3 Å². The van der Waals surface area contributed by atoms with Crippen molar-refractivity contribution < 1.29 is 33.6 Å². The van der Waals surface area contributed by atoms with Crippen LogP contribution in [0.1, 0.15) is 22.3 Å². The van der Waals surface area contributed by atoms with Crippen LogP contribution in [-0.4, -0.2) is 68.8 Å². The molecule has 35 heavy (non-hydrogen) atoms. The summed E-state index contributed by atoms with van der Waals surface area (Å²) in [7, 11) is 4.47. The predicted molar refractivity (Wildman–Crippen MR) is 130 cm³/mol. The maximum atomic E-state index is 13.7. The molecule has 0 radical (unpaired) electrons. The molecular formula is C26H28N2O7. The summed E-state index contributed by atoms with van der Waals surface area (Å²) in [6, 6.07) is 9.88. The van der Waals surface area contributed by atoms with Gasteiger partial charge in [0.1, 0.15) is 12.4 Å². The molecule has 0 saturated heterocycles. The van der Waals surface area contributed by atoms with Crippen molar-refractivity contribution in [2.75, 3.05) is 39.4 Å². The maximum Gasteiger partial charge on any atom is 0.416 e. The van der Waals surface area contributed by atoms with Gasteiger partial charge < -0.3 is 29.0 Å². The molecule has 4 rings (SSSR count). The number of nitrogens with zero attached hydrogens (tertiary/aromatic N) is 2. The average Bonchev–Trinajstić information content (AvgIpc) is 2.98. The quantitative estimate of drug-likeness (QED) is 0.628. The second-order valence-corrected chi connectivity index (χ2v) is 8.09. The van der Waals surface area contributed by atoms with E-state index in [2.05, 4.69) is 6.58 Å². The number of benzene rings is 2. The van der Waals surface area contributed by atoms with Crippen molar-refractivity contribution in [3.05, 3.63) is 66.3 Å². The fourth-order valence-electron chi connectivity index (χ4n) is 4.51. The zero-order valence-electron chi connectivity index (χ0n) is 19.9. The Balaban J connectivity index is 1.81. The van der Waals surface area contributed by atoms with Gasteiger partial charge in [0, 0.05) is 19.7 Å². The van der Waals surface area contributed by atoms with E-state index in [0.717, 1.165) is 16.9 Å². The number of rotatable bonds is 6. The van der Waals surface area contributed by atoms with Gasteiger partial charge in [-0.15, -0.1) is 0 Å². The third-order valence-corrected chi connectivity index (χ3v) is 6.22. The van der Waals surface area contributed by atoms with Crippen LogP contribution in [0.4, 0.5) is 10.5 Å². The number of methoxy groups -OCH3 is 3.